The van der Waals surface area contributed by atoms with E-state index in [1.807, 2.05) is 13.8 Å². The fourth-order valence-electron chi connectivity index (χ4n) is 2.04. The highest BCUT2D eigenvalue weighted by molar-refractivity contribution is 5.62. The van der Waals surface area contributed by atoms with E-state index in [-0.39, 0.29) is 17.9 Å². The van der Waals surface area contributed by atoms with Crippen molar-refractivity contribution in [2.24, 2.45) is 0 Å². The van der Waals surface area contributed by atoms with Crippen LogP contribution in [-0.2, 0) is 6.54 Å². The number of nitrogens with one attached hydrogen (secondary N) is 1. The zero-order chi connectivity index (χ0) is 15.4. The van der Waals surface area contributed by atoms with Gasteiger partial charge in [-0.15, -0.1) is 0 Å². The van der Waals surface area contributed by atoms with Gasteiger partial charge < -0.3 is 5.32 Å². The molecule has 0 unspecified atom stereocenters. The van der Waals surface area contributed by atoms with Crippen molar-refractivity contribution >= 4 is 11.4 Å². The highest BCUT2D eigenvalue weighted by Gasteiger charge is 2.14. The fraction of sp³-hybridized carbons (Fsp3) is 0.286. The van der Waals surface area contributed by atoms with Gasteiger partial charge in [0.1, 0.15) is 5.69 Å². The number of nitro groups is 1. The molecule has 0 fully saturated rings. The average Bonchev–Trinajstić information content (AvgIpc) is 2.44. The van der Waals surface area contributed by atoms with E-state index in [4.69, 9.17) is 0 Å². The van der Waals surface area contributed by atoms with Gasteiger partial charge >= 0.3 is 5.69 Å². The predicted molar refractivity (Wildman–Crippen MR) is 79.6 cm³/mol. The molecule has 7 nitrogen and oxygen atoms in total. The molecule has 0 aliphatic heterocycles. The number of anilines is 1. The Bertz CT molecular complexity index is 724. The van der Waals surface area contributed by atoms with E-state index in [2.05, 4.69) is 10.3 Å². The van der Waals surface area contributed by atoms with Crippen molar-refractivity contribution in [2.45, 2.75) is 20.4 Å². The molecule has 0 bridgehead atoms. The van der Waals surface area contributed by atoms with Gasteiger partial charge in [0.25, 0.3) is 5.69 Å². The number of aromatic nitrogens is 2. The molecule has 0 amide bonds. The van der Waals surface area contributed by atoms with Gasteiger partial charge in [-0.1, -0.05) is 6.07 Å². The molecule has 0 aliphatic rings. The summed E-state index contributed by atoms with van der Waals surface area (Å²) in [5, 5.41) is 14.1. The lowest BCUT2D eigenvalue weighted by atomic mass is 10.1. The summed E-state index contributed by atoms with van der Waals surface area (Å²) in [4.78, 5) is 26.1. The summed E-state index contributed by atoms with van der Waals surface area (Å²) in [6, 6.07) is 4.90. The van der Waals surface area contributed by atoms with Crippen molar-refractivity contribution in [3.05, 3.63) is 62.3 Å². The van der Waals surface area contributed by atoms with E-state index in [0.717, 1.165) is 5.56 Å². The first kappa shape index (κ1) is 14.7. The first-order valence-electron chi connectivity index (χ1n) is 6.55. The minimum Gasteiger partial charge on any atom is -0.380 e. The lowest BCUT2D eigenvalue weighted by Gasteiger charge is -2.09. The van der Waals surface area contributed by atoms with Crippen LogP contribution in [0.15, 0.2) is 35.4 Å². The predicted octanol–water partition coefficient (Wildman–Crippen LogP) is 1.94. The zero-order valence-electron chi connectivity index (χ0n) is 11.9. The number of rotatable bonds is 5. The van der Waals surface area contributed by atoms with Gasteiger partial charge in [0.05, 0.1) is 11.5 Å². The Balaban J connectivity index is 2.37. The largest absolute Gasteiger partial charge is 0.380 e. The third kappa shape index (κ3) is 3.44. The molecule has 0 radical (unpaired) electrons. The fourth-order valence-corrected chi connectivity index (χ4v) is 2.04. The molecule has 0 spiro atoms. The lowest BCUT2D eigenvalue weighted by molar-refractivity contribution is -0.384. The average molecular weight is 288 g/mol. The molecule has 2 rings (SSSR count). The molecule has 0 aliphatic carbocycles. The quantitative estimate of drug-likeness (QED) is 0.670. The molecule has 110 valence electrons. The zero-order valence-corrected chi connectivity index (χ0v) is 11.9. The summed E-state index contributed by atoms with van der Waals surface area (Å²) in [6.07, 6.45) is 3.18. The molecule has 0 saturated carbocycles. The van der Waals surface area contributed by atoms with E-state index in [9.17, 15) is 14.9 Å². The van der Waals surface area contributed by atoms with Gasteiger partial charge in [-0.3, -0.25) is 14.7 Å². The van der Waals surface area contributed by atoms with Gasteiger partial charge in [-0.05, 0) is 31.0 Å². The van der Waals surface area contributed by atoms with E-state index in [1.165, 1.54) is 16.8 Å². The van der Waals surface area contributed by atoms with Crippen LogP contribution in [0.4, 0.5) is 11.4 Å². The maximum atomic E-state index is 11.7. The molecule has 1 N–H and O–H groups in total. The van der Waals surface area contributed by atoms with Gasteiger partial charge in [-0.2, -0.15) is 0 Å². The van der Waals surface area contributed by atoms with Crippen LogP contribution >= 0.6 is 0 Å². The summed E-state index contributed by atoms with van der Waals surface area (Å²) in [6.45, 7) is 4.55. The van der Waals surface area contributed by atoms with Crippen LogP contribution in [0, 0.1) is 17.0 Å². The van der Waals surface area contributed by atoms with Gasteiger partial charge in [0, 0.05) is 25.0 Å². The van der Waals surface area contributed by atoms with Crippen molar-refractivity contribution in [1.29, 1.82) is 0 Å². The van der Waals surface area contributed by atoms with Crippen molar-refractivity contribution < 1.29 is 4.92 Å². The Morgan fingerprint density at radius 1 is 1.43 bits per heavy atom. The molecule has 0 saturated heterocycles. The summed E-state index contributed by atoms with van der Waals surface area (Å²) in [5.74, 6) is 0. The van der Waals surface area contributed by atoms with Gasteiger partial charge in [0.15, 0.2) is 0 Å². The SMILES string of the molecule is CCNc1ccc(Cn2cc(C)cnc2=O)cc1[N+](=O)[O-]. The Morgan fingerprint density at radius 2 is 2.19 bits per heavy atom. The minimum atomic E-state index is -0.432. The molecule has 1 aromatic heterocycles. The number of hydrogen-bond donors (Lipinski definition) is 1. The van der Waals surface area contributed by atoms with Crippen LogP contribution in [0.2, 0.25) is 0 Å². The minimum absolute atomic E-state index is 0.00279. The number of nitro benzene ring substituents is 1. The Labute approximate surface area is 121 Å². The second-order valence-electron chi connectivity index (χ2n) is 4.68. The third-order valence-corrected chi connectivity index (χ3v) is 2.96. The van der Waals surface area contributed by atoms with Crippen molar-refractivity contribution in [2.75, 3.05) is 11.9 Å². The highest BCUT2D eigenvalue weighted by atomic mass is 16.6. The normalized spacial score (nSPS) is 10.4. The molecular weight excluding hydrogens is 272 g/mol. The summed E-state index contributed by atoms with van der Waals surface area (Å²) >= 11 is 0. The Morgan fingerprint density at radius 3 is 2.86 bits per heavy atom. The van der Waals surface area contributed by atoms with Crippen LogP contribution < -0.4 is 11.0 Å². The summed E-state index contributed by atoms with van der Waals surface area (Å²) in [5.41, 5.74) is 1.63. The molecule has 7 heteroatoms. The van der Waals surface area contributed by atoms with E-state index < -0.39 is 4.92 Å². The number of hydrogen-bond acceptors (Lipinski definition) is 5. The molecule has 1 heterocycles. The number of aryl methyl sites for hydroxylation is 1. The molecule has 1 aromatic carbocycles. The molecular formula is C14H16N4O3. The van der Waals surface area contributed by atoms with Crippen molar-refractivity contribution in [1.82, 2.24) is 9.55 Å². The smallest absolute Gasteiger partial charge is 0.347 e. The van der Waals surface area contributed by atoms with Crippen LogP contribution in [0.5, 0.6) is 0 Å². The lowest BCUT2D eigenvalue weighted by Crippen LogP contribution is -2.22. The van der Waals surface area contributed by atoms with Crippen molar-refractivity contribution in [3.63, 3.8) is 0 Å². The van der Waals surface area contributed by atoms with E-state index >= 15 is 0 Å². The van der Waals surface area contributed by atoms with Crippen LogP contribution in [0.3, 0.4) is 0 Å². The van der Waals surface area contributed by atoms with Gasteiger partial charge in [-0.25, -0.2) is 9.78 Å². The molecule has 2 aromatic rings. The number of benzene rings is 1. The molecule has 21 heavy (non-hydrogen) atoms. The second kappa shape index (κ2) is 6.17. The maximum Gasteiger partial charge on any atom is 0.347 e. The Kier molecular flexibility index (Phi) is 4.32. The first-order valence-corrected chi connectivity index (χ1v) is 6.55. The van der Waals surface area contributed by atoms with E-state index in [0.29, 0.717) is 17.8 Å². The first-order chi connectivity index (χ1) is 10.0. The standard InChI is InChI=1S/C14H16N4O3/c1-3-15-12-5-4-11(6-13(12)18(20)21)9-17-8-10(2)7-16-14(17)19/h4-8,15H,3,9H2,1-2H3. The topological polar surface area (TPSA) is 90.1 Å². The number of nitrogens with zero attached hydrogens (tertiary/aromatic N) is 3. The van der Waals surface area contributed by atoms with E-state index in [1.54, 1.807) is 18.3 Å². The van der Waals surface area contributed by atoms with Crippen LogP contribution in [0.1, 0.15) is 18.1 Å². The Hall–Kier alpha value is -2.70. The second-order valence-corrected chi connectivity index (χ2v) is 4.68. The van der Waals surface area contributed by atoms with Crippen LogP contribution in [-0.4, -0.2) is 21.0 Å². The van der Waals surface area contributed by atoms with Crippen molar-refractivity contribution in [3.8, 4) is 0 Å². The molecule has 0 atom stereocenters. The summed E-state index contributed by atoms with van der Waals surface area (Å²) < 4.78 is 1.43. The summed E-state index contributed by atoms with van der Waals surface area (Å²) in [7, 11) is 0. The third-order valence-electron chi connectivity index (χ3n) is 2.96. The van der Waals surface area contributed by atoms with Gasteiger partial charge in [0.2, 0.25) is 0 Å². The van der Waals surface area contributed by atoms with Crippen LogP contribution in [0.25, 0.3) is 0 Å². The highest BCUT2D eigenvalue weighted by Crippen LogP contribution is 2.25. The maximum absolute atomic E-state index is 11.7. The monoisotopic (exact) mass is 288 g/mol.